The molecule has 0 aliphatic carbocycles. The van der Waals surface area contributed by atoms with E-state index in [1.165, 1.54) is 61.0 Å². The number of hydrogen-bond donors (Lipinski definition) is 0. The third kappa shape index (κ3) is 4.73. The molecule has 12 nitrogen and oxygen atoms in total. The van der Waals surface area contributed by atoms with Gasteiger partial charge in [0.05, 0.1) is 31.4 Å². The van der Waals surface area contributed by atoms with E-state index in [0.29, 0.717) is 39.7 Å². The van der Waals surface area contributed by atoms with Crippen LogP contribution in [-0.2, 0) is 26.4 Å². The van der Waals surface area contributed by atoms with Crippen molar-refractivity contribution in [1.29, 1.82) is 0 Å². The van der Waals surface area contributed by atoms with E-state index in [1.54, 1.807) is 6.92 Å². The molecule has 2 atom stereocenters. The number of methoxy groups -OCH3 is 1. The number of halogens is 1. The molecule has 1 aromatic carbocycles. The van der Waals surface area contributed by atoms with Gasteiger partial charge in [-0.15, -0.1) is 4.80 Å². The molecule has 0 radical (unpaired) electrons. The zero-order chi connectivity index (χ0) is 30.3. The van der Waals surface area contributed by atoms with E-state index in [0.717, 1.165) is 20.8 Å². The summed E-state index contributed by atoms with van der Waals surface area (Å²) in [5.74, 6) is -1.19. The van der Waals surface area contributed by atoms with Crippen LogP contribution < -0.4 is 16.0 Å². The van der Waals surface area contributed by atoms with E-state index in [2.05, 4.69) is 10.2 Å². The predicted octanol–water partition coefficient (Wildman–Crippen LogP) is 2.92. The molecule has 3 aromatic heterocycles. The molecular weight excluding hydrogens is 567 g/mol. The number of aryl methyl sites for hydroxylation is 1. The minimum Gasteiger partial charge on any atom is -0.496 e. The lowest BCUT2D eigenvalue weighted by atomic mass is 9.89. The largest absolute Gasteiger partial charge is 0.496 e. The number of likely N-dealkylation sites (N-methyl/N-ethyl adjacent to an activating group) is 1. The number of fused-ring (bicyclic) bond motifs is 1. The lowest BCUT2D eigenvalue weighted by Crippen LogP contribution is -2.61. The van der Waals surface area contributed by atoms with E-state index in [4.69, 9.17) is 9.47 Å². The number of carbonyl (C=O) groups is 2. The van der Waals surface area contributed by atoms with Gasteiger partial charge < -0.3 is 9.47 Å². The number of amides is 2. The van der Waals surface area contributed by atoms with E-state index >= 15 is 0 Å². The third-order valence-corrected chi connectivity index (χ3v) is 8.94. The summed E-state index contributed by atoms with van der Waals surface area (Å²) < 4.78 is 28.4. The first-order chi connectivity index (χ1) is 20.0. The van der Waals surface area contributed by atoms with Crippen LogP contribution in [0.2, 0.25) is 0 Å². The van der Waals surface area contributed by atoms with Gasteiger partial charge in [-0.3, -0.25) is 23.9 Å². The Balaban J connectivity index is 1.81. The molecule has 1 aliphatic rings. The number of piperidine rings is 1. The number of ether oxygens (including phenoxy) is 2. The van der Waals surface area contributed by atoms with E-state index in [9.17, 15) is 23.6 Å². The van der Waals surface area contributed by atoms with Crippen LogP contribution in [0.15, 0.2) is 40.2 Å². The molecule has 0 bridgehead atoms. The smallest absolute Gasteiger partial charge is 0.333 e. The van der Waals surface area contributed by atoms with Crippen molar-refractivity contribution >= 4 is 33.4 Å². The van der Waals surface area contributed by atoms with Crippen molar-refractivity contribution in [3.8, 4) is 10.8 Å². The van der Waals surface area contributed by atoms with Gasteiger partial charge >= 0.3 is 5.69 Å². The molecule has 0 saturated carbocycles. The molecule has 14 heteroatoms. The molecule has 4 aromatic rings. The number of thiophene rings is 1. The van der Waals surface area contributed by atoms with Crippen LogP contribution in [0.3, 0.4) is 0 Å². The summed E-state index contributed by atoms with van der Waals surface area (Å²) in [5.41, 5.74) is -2.14. The number of carbonyl (C=O) groups excluding carboxylic acids is 2. The number of hydrogen-bond acceptors (Lipinski definition) is 9. The maximum Gasteiger partial charge on any atom is 0.333 e. The fourth-order valence-corrected chi connectivity index (χ4v) is 6.59. The van der Waals surface area contributed by atoms with Gasteiger partial charge in [0.25, 0.3) is 11.5 Å². The summed E-state index contributed by atoms with van der Waals surface area (Å²) in [6.45, 7) is 5.32. The topological polar surface area (TPSA) is 131 Å². The minimum absolute atomic E-state index is 0.0174. The fourth-order valence-electron chi connectivity index (χ4n) is 5.37. The Hall–Kier alpha value is -4.17. The SMILES string of the molecule is CCCO[C@@H](Cn1c(=O)n([C@@]2(C)CCC(=O)N(C)C2=O)c(=O)c2c(C)c(-n3nccn3)sc21)c1cc(F)ccc1OC. The summed E-state index contributed by atoms with van der Waals surface area (Å²) >= 11 is 1.14. The Morgan fingerprint density at radius 1 is 1.17 bits per heavy atom. The van der Waals surface area contributed by atoms with E-state index in [-0.39, 0.29) is 24.8 Å². The van der Waals surface area contributed by atoms with Gasteiger partial charge in [0.15, 0.2) is 0 Å². The van der Waals surface area contributed by atoms with Crippen LogP contribution >= 0.6 is 11.3 Å². The third-order valence-electron chi connectivity index (χ3n) is 7.66. The monoisotopic (exact) mass is 598 g/mol. The van der Waals surface area contributed by atoms with Crippen LogP contribution in [-0.4, -0.2) is 61.6 Å². The summed E-state index contributed by atoms with van der Waals surface area (Å²) in [4.78, 5) is 57.0. The van der Waals surface area contributed by atoms with Gasteiger partial charge in [0, 0.05) is 31.2 Å². The van der Waals surface area contributed by atoms with Crippen LogP contribution in [0, 0.1) is 12.7 Å². The van der Waals surface area contributed by atoms with Crippen molar-refractivity contribution in [2.75, 3.05) is 20.8 Å². The number of benzene rings is 1. The zero-order valence-corrected chi connectivity index (χ0v) is 24.7. The predicted molar refractivity (Wildman–Crippen MR) is 153 cm³/mol. The second-order valence-electron chi connectivity index (χ2n) is 10.3. The average molecular weight is 599 g/mol. The fraction of sp³-hybridized carbons (Fsp3) is 0.429. The Bertz CT molecular complexity index is 1790. The van der Waals surface area contributed by atoms with Gasteiger partial charge in [-0.2, -0.15) is 10.2 Å². The number of likely N-dealkylation sites (tertiary alicyclic amines) is 1. The van der Waals surface area contributed by atoms with Crippen molar-refractivity contribution in [3.63, 3.8) is 0 Å². The maximum absolute atomic E-state index is 14.5. The Morgan fingerprint density at radius 2 is 1.88 bits per heavy atom. The first kappa shape index (κ1) is 29.3. The van der Waals surface area contributed by atoms with Crippen molar-refractivity contribution in [2.45, 2.75) is 58.2 Å². The molecule has 0 N–H and O–H groups in total. The van der Waals surface area contributed by atoms with Crippen LogP contribution in [0.25, 0.3) is 15.2 Å². The summed E-state index contributed by atoms with van der Waals surface area (Å²) in [7, 11) is 2.80. The highest BCUT2D eigenvalue weighted by Crippen LogP contribution is 2.35. The average Bonchev–Trinajstić information content (AvgIpc) is 3.62. The lowest BCUT2D eigenvalue weighted by molar-refractivity contribution is -0.154. The van der Waals surface area contributed by atoms with Gasteiger partial charge in [-0.25, -0.2) is 13.8 Å². The van der Waals surface area contributed by atoms with Gasteiger partial charge in [-0.05, 0) is 44.9 Å². The molecule has 0 spiro atoms. The summed E-state index contributed by atoms with van der Waals surface area (Å²) in [6, 6.07) is 4.05. The van der Waals surface area contributed by atoms with Crippen molar-refractivity contribution in [2.24, 2.45) is 0 Å². The maximum atomic E-state index is 14.5. The van der Waals surface area contributed by atoms with Crippen molar-refractivity contribution < 1.29 is 23.5 Å². The number of aromatic nitrogens is 5. The van der Waals surface area contributed by atoms with Gasteiger partial charge in [0.2, 0.25) is 5.91 Å². The van der Waals surface area contributed by atoms with Crippen LogP contribution in [0.4, 0.5) is 4.39 Å². The highest BCUT2D eigenvalue weighted by Gasteiger charge is 2.46. The molecule has 42 heavy (non-hydrogen) atoms. The molecule has 0 unspecified atom stereocenters. The molecule has 1 fully saturated rings. The Morgan fingerprint density at radius 3 is 2.55 bits per heavy atom. The number of imide groups is 1. The standard InChI is InChI=1S/C28H31FN6O6S/c1-6-13-41-20(18-14-17(29)7-8-19(18)40-5)15-33-25-22(16(2)24(42-25)35-30-11-12-31-35)23(37)34(27(33)39)28(3)10-9-21(36)32(4)26(28)38/h7-8,11-12,14,20H,6,9-10,13,15H2,1-5H3/t20-,28-/m0/s1. The second kappa shape index (κ2) is 11.2. The zero-order valence-electron chi connectivity index (χ0n) is 23.9. The first-order valence-corrected chi connectivity index (χ1v) is 14.3. The molecule has 2 amide bonds. The van der Waals surface area contributed by atoms with E-state index < -0.39 is 40.5 Å². The van der Waals surface area contributed by atoms with Crippen molar-refractivity contribution in [1.82, 2.24) is 29.0 Å². The van der Waals surface area contributed by atoms with E-state index in [1.807, 2.05) is 6.92 Å². The molecule has 1 saturated heterocycles. The molecule has 4 heterocycles. The summed E-state index contributed by atoms with van der Waals surface area (Å²) in [6.07, 6.45) is 2.74. The van der Waals surface area contributed by atoms with Crippen molar-refractivity contribution in [3.05, 3.63) is 68.4 Å². The summed E-state index contributed by atoms with van der Waals surface area (Å²) in [5, 5.41) is 9.12. The molecular formula is C28H31FN6O6S. The normalized spacial score (nSPS) is 18.2. The van der Waals surface area contributed by atoms with Crippen LogP contribution in [0.1, 0.15) is 50.3 Å². The Kier molecular flexibility index (Phi) is 7.86. The number of nitrogens with zero attached hydrogens (tertiary/aromatic N) is 6. The van der Waals surface area contributed by atoms with Crippen LogP contribution in [0.5, 0.6) is 5.75 Å². The molecule has 1 aliphatic heterocycles. The van der Waals surface area contributed by atoms with Gasteiger partial charge in [0.1, 0.15) is 33.0 Å². The molecule has 5 rings (SSSR count). The quantitative estimate of drug-likeness (QED) is 0.269. The minimum atomic E-state index is -1.62. The first-order valence-electron chi connectivity index (χ1n) is 13.5. The highest BCUT2D eigenvalue weighted by atomic mass is 32.1. The number of rotatable bonds is 9. The highest BCUT2D eigenvalue weighted by molar-refractivity contribution is 7.21. The lowest BCUT2D eigenvalue weighted by Gasteiger charge is -2.37. The molecule has 222 valence electrons. The van der Waals surface area contributed by atoms with Gasteiger partial charge in [-0.1, -0.05) is 18.3 Å². The Labute approximate surface area is 243 Å². The second-order valence-corrected chi connectivity index (χ2v) is 11.3.